The SMILES string of the molecule is C=CCN(C(=O)C1N([C@@H](CO)Cc2ccccc2)C(=O)[C@@H]2[C@H](C(=O)OCC)[C@H]3OC12CC3Br)C(C)(C)C. The molecule has 9 heteroatoms. The summed E-state index contributed by atoms with van der Waals surface area (Å²) >= 11 is 3.67. The van der Waals surface area contributed by atoms with Gasteiger partial charge in [0.15, 0.2) is 0 Å². The largest absolute Gasteiger partial charge is 0.466 e. The normalized spacial score (nSPS) is 31.2. The fourth-order valence-corrected chi connectivity index (χ4v) is 7.30. The van der Waals surface area contributed by atoms with Crippen molar-refractivity contribution in [2.75, 3.05) is 19.8 Å². The van der Waals surface area contributed by atoms with Gasteiger partial charge in [-0.05, 0) is 46.1 Å². The number of amides is 2. The number of carbonyl (C=O) groups is 3. The third-order valence-corrected chi connectivity index (χ3v) is 8.67. The Morgan fingerprint density at radius 3 is 2.59 bits per heavy atom. The summed E-state index contributed by atoms with van der Waals surface area (Å²) in [6.45, 7) is 11.5. The van der Waals surface area contributed by atoms with Crippen LogP contribution in [0, 0.1) is 11.8 Å². The van der Waals surface area contributed by atoms with E-state index in [0.29, 0.717) is 12.8 Å². The first-order chi connectivity index (χ1) is 17.5. The highest BCUT2D eigenvalue weighted by atomic mass is 79.9. The Balaban J connectivity index is 1.84. The molecule has 0 radical (unpaired) electrons. The molecule has 0 aliphatic carbocycles. The van der Waals surface area contributed by atoms with Crippen LogP contribution in [0.1, 0.15) is 39.7 Å². The summed E-state index contributed by atoms with van der Waals surface area (Å²) in [6, 6.07) is 7.87. The van der Waals surface area contributed by atoms with Crippen LogP contribution in [0.5, 0.6) is 0 Å². The molecule has 0 saturated carbocycles. The first-order valence-corrected chi connectivity index (χ1v) is 13.8. The van der Waals surface area contributed by atoms with Gasteiger partial charge < -0.3 is 24.4 Å². The van der Waals surface area contributed by atoms with Crippen molar-refractivity contribution in [1.29, 1.82) is 0 Å². The summed E-state index contributed by atoms with van der Waals surface area (Å²) in [5.74, 6) is -2.81. The maximum absolute atomic E-state index is 14.4. The summed E-state index contributed by atoms with van der Waals surface area (Å²) in [6.07, 6.45) is 1.84. The van der Waals surface area contributed by atoms with Crippen molar-refractivity contribution >= 4 is 33.7 Å². The van der Waals surface area contributed by atoms with Crippen LogP contribution in [0.25, 0.3) is 0 Å². The third kappa shape index (κ3) is 4.63. The van der Waals surface area contributed by atoms with Crippen LogP contribution in [-0.2, 0) is 30.3 Å². The second-order valence-electron chi connectivity index (χ2n) is 11.1. The standard InChI is InChI=1S/C28H37BrN2O6/c1-6-13-30(27(3,4)5)25(34)23-28-15-19(29)22(37-28)20(26(35)36-7-2)21(28)24(33)31(23)18(16-32)14-17-11-9-8-10-12-17/h6,8-12,18-23,32H,1,7,13-16H2,2-5H3/t18-,19?,20+,21+,22+,23?,28?/m1/s1. The molecule has 7 atom stereocenters. The topological polar surface area (TPSA) is 96.4 Å². The van der Waals surface area contributed by atoms with Crippen LogP contribution in [0.2, 0.25) is 0 Å². The number of hydrogen-bond acceptors (Lipinski definition) is 6. The lowest BCUT2D eigenvalue weighted by atomic mass is 9.70. The van der Waals surface area contributed by atoms with E-state index in [1.54, 1.807) is 17.9 Å². The molecule has 3 fully saturated rings. The number of aliphatic hydroxyl groups excluding tert-OH is 1. The van der Waals surface area contributed by atoms with Gasteiger partial charge in [-0.15, -0.1) is 6.58 Å². The number of halogens is 1. The quantitative estimate of drug-likeness (QED) is 0.276. The van der Waals surface area contributed by atoms with Gasteiger partial charge in [-0.3, -0.25) is 14.4 Å². The Morgan fingerprint density at radius 2 is 2.03 bits per heavy atom. The molecule has 1 spiro atoms. The van der Waals surface area contributed by atoms with Crippen molar-refractivity contribution in [3.05, 3.63) is 48.6 Å². The van der Waals surface area contributed by atoms with Gasteiger partial charge in [-0.2, -0.15) is 0 Å². The lowest BCUT2D eigenvalue weighted by Gasteiger charge is -2.43. The smallest absolute Gasteiger partial charge is 0.312 e. The predicted octanol–water partition coefficient (Wildman–Crippen LogP) is 2.71. The summed E-state index contributed by atoms with van der Waals surface area (Å²) < 4.78 is 11.9. The van der Waals surface area contributed by atoms with E-state index in [1.807, 2.05) is 51.1 Å². The average Bonchev–Trinajstić information content (AvgIpc) is 3.44. The van der Waals surface area contributed by atoms with Crippen LogP contribution in [0.4, 0.5) is 0 Å². The van der Waals surface area contributed by atoms with Gasteiger partial charge in [-0.25, -0.2) is 0 Å². The molecule has 3 saturated heterocycles. The molecule has 3 aliphatic rings. The van der Waals surface area contributed by atoms with E-state index in [0.717, 1.165) is 5.56 Å². The third-order valence-electron chi connectivity index (χ3n) is 7.83. The summed E-state index contributed by atoms with van der Waals surface area (Å²) in [5.41, 5.74) is -0.841. The molecule has 202 valence electrons. The number of benzene rings is 1. The van der Waals surface area contributed by atoms with Gasteiger partial charge in [0.1, 0.15) is 11.6 Å². The summed E-state index contributed by atoms with van der Waals surface area (Å²) in [7, 11) is 0. The van der Waals surface area contributed by atoms with Crippen molar-refractivity contribution in [3.63, 3.8) is 0 Å². The van der Waals surface area contributed by atoms with Crippen LogP contribution in [0.3, 0.4) is 0 Å². The molecule has 0 aromatic heterocycles. The van der Waals surface area contributed by atoms with Gasteiger partial charge >= 0.3 is 5.97 Å². The fourth-order valence-electron chi connectivity index (χ4n) is 6.36. The number of alkyl halides is 1. The second kappa shape index (κ2) is 10.5. The van der Waals surface area contributed by atoms with E-state index in [2.05, 4.69) is 22.5 Å². The van der Waals surface area contributed by atoms with Gasteiger partial charge in [0.05, 0.1) is 37.2 Å². The molecule has 4 rings (SSSR count). The molecule has 1 N–H and O–H groups in total. The van der Waals surface area contributed by atoms with Crippen LogP contribution >= 0.6 is 15.9 Å². The molecule has 3 heterocycles. The van der Waals surface area contributed by atoms with Crippen molar-refractivity contribution in [1.82, 2.24) is 9.80 Å². The maximum atomic E-state index is 14.4. The first kappa shape index (κ1) is 27.8. The highest BCUT2D eigenvalue weighted by Crippen LogP contribution is 2.61. The Hall–Kier alpha value is -2.23. The number of esters is 1. The van der Waals surface area contributed by atoms with Crippen LogP contribution in [-0.4, -0.2) is 86.6 Å². The van der Waals surface area contributed by atoms with Crippen molar-refractivity contribution in [3.8, 4) is 0 Å². The molecule has 1 aromatic carbocycles. The van der Waals surface area contributed by atoms with Gasteiger partial charge in [0, 0.05) is 16.9 Å². The number of carbonyl (C=O) groups excluding carboxylic acids is 3. The zero-order chi connectivity index (χ0) is 27.1. The van der Waals surface area contributed by atoms with E-state index in [-0.39, 0.29) is 36.4 Å². The minimum absolute atomic E-state index is 0.180. The lowest BCUT2D eigenvalue weighted by Crippen LogP contribution is -2.62. The van der Waals surface area contributed by atoms with Gasteiger partial charge in [0.25, 0.3) is 0 Å². The van der Waals surface area contributed by atoms with E-state index >= 15 is 0 Å². The minimum Gasteiger partial charge on any atom is -0.466 e. The van der Waals surface area contributed by atoms with Gasteiger partial charge in [0.2, 0.25) is 11.8 Å². The average molecular weight is 578 g/mol. The van der Waals surface area contributed by atoms with E-state index in [9.17, 15) is 19.5 Å². The van der Waals surface area contributed by atoms with E-state index < -0.39 is 47.1 Å². The fraction of sp³-hybridized carbons (Fsp3) is 0.607. The molecule has 2 bridgehead atoms. The Morgan fingerprint density at radius 1 is 1.35 bits per heavy atom. The first-order valence-electron chi connectivity index (χ1n) is 12.9. The van der Waals surface area contributed by atoms with Crippen molar-refractivity contribution in [2.45, 2.75) is 74.7 Å². The summed E-state index contributed by atoms with van der Waals surface area (Å²) in [5, 5.41) is 10.5. The monoisotopic (exact) mass is 576 g/mol. The maximum Gasteiger partial charge on any atom is 0.312 e. The number of fused-ring (bicyclic) bond motifs is 1. The molecule has 8 nitrogen and oxygen atoms in total. The number of likely N-dealkylation sites (tertiary alicyclic amines) is 1. The summed E-state index contributed by atoms with van der Waals surface area (Å²) in [4.78, 5) is 44.8. The molecule has 3 unspecified atom stereocenters. The molecule has 3 aliphatic heterocycles. The minimum atomic E-state index is -1.21. The van der Waals surface area contributed by atoms with Gasteiger partial charge in [-0.1, -0.05) is 52.3 Å². The second-order valence-corrected chi connectivity index (χ2v) is 12.3. The molecular formula is C28H37BrN2O6. The van der Waals surface area contributed by atoms with Crippen LogP contribution in [0.15, 0.2) is 43.0 Å². The molecular weight excluding hydrogens is 540 g/mol. The zero-order valence-corrected chi connectivity index (χ0v) is 23.5. The number of aliphatic hydroxyl groups is 1. The number of hydrogen-bond donors (Lipinski definition) is 1. The predicted molar refractivity (Wildman–Crippen MR) is 142 cm³/mol. The number of ether oxygens (including phenoxy) is 2. The Kier molecular flexibility index (Phi) is 7.89. The number of rotatable bonds is 9. The molecule has 2 amide bonds. The molecule has 1 aromatic rings. The van der Waals surface area contributed by atoms with Crippen molar-refractivity contribution in [2.24, 2.45) is 11.8 Å². The zero-order valence-electron chi connectivity index (χ0n) is 21.9. The van der Waals surface area contributed by atoms with Crippen LogP contribution < -0.4 is 0 Å². The van der Waals surface area contributed by atoms with E-state index in [1.165, 1.54) is 4.90 Å². The van der Waals surface area contributed by atoms with E-state index in [4.69, 9.17) is 9.47 Å². The lowest BCUT2D eigenvalue weighted by molar-refractivity contribution is -0.157. The Bertz CT molecular complexity index is 1040. The highest BCUT2D eigenvalue weighted by molar-refractivity contribution is 9.09. The number of nitrogens with zero attached hydrogens (tertiary/aromatic N) is 2. The Labute approximate surface area is 227 Å². The molecule has 37 heavy (non-hydrogen) atoms. The highest BCUT2D eigenvalue weighted by Gasteiger charge is 2.77. The van der Waals surface area contributed by atoms with Crippen molar-refractivity contribution < 1.29 is 29.0 Å².